The third kappa shape index (κ3) is 2.81. The van der Waals surface area contributed by atoms with Crippen LogP contribution in [-0.2, 0) is 0 Å². The second-order valence-electron chi connectivity index (χ2n) is 7.42. The van der Waals surface area contributed by atoms with Crippen LogP contribution in [0.25, 0.3) is 11.0 Å². The molecule has 2 saturated heterocycles. The summed E-state index contributed by atoms with van der Waals surface area (Å²) in [6, 6.07) is 6.59. The lowest BCUT2D eigenvalue weighted by Crippen LogP contribution is -2.70. The van der Waals surface area contributed by atoms with Gasteiger partial charge in [-0.05, 0) is 32.0 Å². The molecule has 8 heteroatoms. The van der Waals surface area contributed by atoms with Crippen molar-refractivity contribution in [3.05, 3.63) is 40.2 Å². The standard InChI is InChI=1S/C19H21N3O5/c1-11(2)26-13-5-4-12-6-14(17(24)27-15(12)7-13)16(23)22-9-19(10-22)8-20-18(25)21(19)3/h4-7,11H,8-10H2,1-3H3,(H,20,25). The second kappa shape index (κ2) is 6.00. The molecular weight excluding hydrogens is 350 g/mol. The lowest BCUT2D eigenvalue weighted by atomic mass is 9.89. The number of carbonyl (C=O) groups is 2. The molecular formula is C19H21N3O5. The third-order valence-electron chi connectivity index (χ3n) is 5.15. The van der Waals surface area contributed by atoms with E-state index in [0.29, 0.717) is 36.4 Å². The van der Waals surface area contributed by atoms with Gasteiger partial charge in [0.25, 0.3) is 5.91 Å². The molecule has 0 radical (unpaired) electrons. The van der Waals surface area contributed by atoms with Gasteiger partial charge in [-0.15, -0.1) is 0 Å². The van der Waals surface area contributed by atoms with E-state index in [-0.39, 0.29) is 29.1 Å². The quantitative estimate of drug-likeness (QED) is 0.824. The summed E-state index contributed by atoms with van der Waals surface area (Å²) in [5, 5.41) is 3.42. The van der Waals surface area contributed by atoms with E-state index >= 15 is 0 Å². The van der Waals surface area contributed by atoms with Crippen LogP contribution in [0.1, 0.15) is 24.2 Å². The predicted octanol–water partition coefficient (Wildman–Crippen LogP) is 1.43. The molecule has 0 unspecified atom stereocenters. The summed E-state index contributed by atoms with van der Waals surface area (Å²) in [6.45, 7) is 5.09. The van der Waals surface area contributed by atoms with Crippen molar-refractivity contribution in [1.29, 1.82) is 0 Å². The first-order valence-corrected chi connectivity index (χ1v) is 8.85. The van der Waals surface area contributed by atoms with Crippen molar-refractivity contribution in [2.24, 2.45) is 0 Å². The summed E-state index contributed by atoms with van der Waals surface area (Å²) in [4.78, 5) is 39.9. The Morgan fingerprint density at radius 1 is 1.26 bits per heavy atom. The molecule has 2 aliphatic heterocycles. The number of nitrogens with one attached hydrogen (secondary N) is 1. The van der Waals surface area contributed by atoms with E-state index in [2.05, 4.69) is 5.32 Å². The van der Waals surface area contributed by atoms with Crippen molar-refractivity contribution < 1.29 is 18.7 Å². The van der Waals surface area contributed by atoms with E-state index in [1.54, 1.807) is 41.1 Å². The van der Waals surface area contributed by atoms with Gasteiger partial charge in [0.1, 0.15) is 16.9 Å². The van der Waals surface area contributed by atoms with E-state index in [4.69, 9.17) is 9.15 Å². The van der Waals surface area contributed by atoms with Gasteiger partial charge in [-0.3, -0.25) is 4.79 Å². The van der Waals surface area contributed by atoms with Gasteiger partial charge in [-0.1, -0.05) is 0 Å². The molecule has 1 aromatic heterocycles. The third-order valence-corrected chi connectivity index (χ3v) is 5.15. The molecule has 0 atom stereocenters. The predicted molar refractivity (Wildman–Crippen MR) is 98.0 cm³/mol. The van der Waals surface area contributed by atoms with E-state index < -0.39 is 5.63 Å². The van der Waals surface area contributed by atoms with Crippen molar-refractivity contribution in [3.8, 4) is 5.75 Å². The number of ether oxygens (including phenoxy) is 1. The Hall–Kier alpha value is -3.03. The Bertz CT molecular complexity index is 990. The first-order chi connectivity index (χ1) is 12.8. The molecule has 3 heterocycles. The fourth-order valence-electron chi connectivity index (χ4n) is 3.58. The van der Waals surface area contributed by atoms with Gasteiger partial charge >= 0.3 is 11.7 Å². The van der Waals surface area contributed by atoms with Crippen LogP contribution in [0, 0.1) is 0 Å². The fraction of sp³-hybridized carbons (Fsp3) is 0.421. The molecule has 1 spiro atoms. The Balaban J connectivity index is 1.57. The van der Waals surface area contributed by atoms with Gasteiger partial charge in [-0.2, -0.15) is 0 Å². The van der Waals surface area contributed by atoms with Gasteiger partial charge in [0.15, 0.2) is 0 Å². The maximum absolute atomic E-state index is 12.7. The smallest absolute Gasteiger partial charge is 0.349 e. The molecule has 2 aliphatic rings. The lowest BCUT2D eigenvalue weighted by Gasteiger charge is -2.50. The minimum Gasteiger partial charge on any atom is -0.491 e. The number of nitrogens with zero attached hydrogens (tertiary/aromatic N) is 2. The number of likely N-dealkylation sites (tertiary alicyclic amines) is 1. The number of carbonyl (C=O) groups excluding carboxylic acids is 2. The van der Waals surface area contributed by atoms with Crippen LogP contribution in [0.4, 0.5) is 4.79 Å². The minimum absolute atomic E-state index is 0.00357. The molecule has 27 heavy (non-hydrogen) atoms. The molecule has 2 aromatic rings. The number of urea groups is 1. The highest BCUT2D eigenvalue weighted by molar-refractivity contribution is 5.97. The normalized spacial score (nSPS) is 18.1. The van der Waals surface area contributed by atoms with Crippen LogP contribution in [0.2, 0.25) is 0 Å². The highest BCUT2D eigenvalue weighted by Crippen LogP contribution is 2.31. The average Bonchev–Trinajstić information content (AvgIpc) is 2.87. The van der Waals surface area contributed by atoms with Gasteiger partial charge in [-0.25, -0.2) is 9.59 Å². The Labute approximate surface area is 155 Å². The Morgan fingerprint density at radius 3 is 2.63 bits per heavy atom. The number of amides is 3. The highest BCUT2D eigenvalue weighted by Gasteiger charge is 2.53. The molecule has 1 N–H and O–H groups in total. The summed E-state index contributed by atoms with van der Waals surface area (Å²) >= 11 is 0. The first-order valence-electron chi connectivity index (χ1n) is 8.85. The molecule has 3 amide bonds. The Morgan fingerprint density at radius 2 is 2.00 bits per heavy atom. The number of likely N-dealkylation sites (N-methyl/N-ethyl adjacent to an activating group) is 1. The number of hydrogen-bond acceptors (Lipinski definition) is 5. The van der Waals surface area contributed by atoms with Crippen LogP contribution in [0.3, 0.4) is 0 Å². The van der Waals surface area contributed by atoms with Gasteiger partial charge in [0.05, 0.1) is 11.6 Å². The SMILES string of the molecule is CC(C)Oc1ccc2cc(C(=O)N3CC4(CNC(=O)N4C)C3)c(=O)oc2c1. The van der Waals surface area contributed by atoms with E-state index in [1.165, 1.54) is 0 Å². The van der Waals surface area contributed by atoms with E-state index in [9.17, 15) is 14.4 Å². The monoisotopic (exact) mass is 371 g/mol. The molecule has 0 aliphatic carbocycles. The Kier molecular flexibility index (Phi) is 3.87. The number of rotatable bonds is 3. The summed E-state index contributed by atoms with van der Waals surface area (Å²) < 4.78 is 11.0. The zero-order chi connectivity index (χ0) is 19.3. The number of fused-ring (bicyclic) bond motifs is 1. The molecule has 1 aromatic carbocycles. The molecule has 4 rings (SSSR count). The van der Waals surface area contributed by atoms with Gasteiger partial charge < -0.3 is 24.3 Å². The topological polar surface area (TPSA) is 92.1 Å². The summed E-state index contributed by atoms with van der Waals surface area (Å²) in [6.07, 6.45) is 0.00357. The summed E-state index contributed by atoms with van der Waals surface area (Å²) in [5.74, 6) is 0.220. The number of hydrogen-bond donors (Lipinski definition) is 1. The fourth-order valence-corrected chi connectivity index (χ4v) is 3.58. The summed E-state index contributed by atoms with van der Waals surface area (Å²) in [7, 11) is 1.71. The van der Waals surface area contributed by atoms with Crippen molar-refractivity contribution in [1.82, 2.24) is 15.1 Å². The van der Waals surface area contributed by atoms with Crippen LogP contribution >= 0.6 is 0 Å². The van der Waals surface area contributed by atoms with Crippen LogP contribution in [0.15, 0.2) is 33.5 Å². The summed E-state index contributed by atoms with van der Waals surface area (Å²) in [5.41, 5.74) is -0.689. The van der Waals surface area contributed by atoms with Crippen LogP contribution in [-0.4, -0.2) is 60.1 Å². The minimum atomic E-state index is -0.677. The first kappa shape index (κ1) is 17.4. The molecule has 0 bridgehead atoms. The van der Waals surface area contributed by atoms with Gasteiger partial charge in [0.2, 0.25) is 0 Å². The van der Waals surface area contributed by atoms with Crippen molar-refractivity contribution in [3.63, 3.8) is 0 Å². The molecule has 142 valence electrons. The molecule has 0 saturated carbocycles. The van der Waals surface area contributed by atoms with E-state index in [0.717, 1.165) is 0 Å². The van der Waals surface area contributed by atoms with Crippen molar-refractivity contribution in [2.75, 3.05) is 26.7 Å². The molecule has 8 nitrogen and oxygen atoms in total. The second-order valence-corrected chi connectivity index (χ2v) is 7.42. The zero-order valence-electron chi connectivity index (χ0n) is 15.4. The van der Waals surface area contributed by atoms with Crippen molar-refractivity contribution in [2.45, 2.75) is 25.5 Å². The lowest BCUT2D eigenvalue weighted by molar-refractivity contribution is 0.00749. The van der Waals surface area contributed by atoms with E-state index in [1.807, 2.05) is 13.8 Å². The maximum atomic E-state index is 12.7. The van der Waals surface area contributed by atoms with Crippen molar-refractivity contribution >= 4 is 22.9 Å². The average molecular weight is 371 g/mol. The van der Waals surface area contributed by atoms with Gasteiger partial charge in [0, 0.05) is 38.1 Å². The number of benzene rings is 1. The molecule has 2 fully saturated rings. The largest absolute Gasteiger partial charge is 0.491 e. The zero-order valence-corrected chi connectivity index (χ0v) is 15.4. The van der Waals surface area contributed by atoms with Crippen LogP contribution in [0.5, 0.6) is 5.75 Å². The van der Waals surface area contributed by atoms with Crippen LogP contribution < -0.4 is 15.7 Å². The highest BCUT2D eigenvalue weighted by atomic mass is 16.5. The maximum Gasteiger partial charge on any atom is 0.349 e.